The minimum atomic E-state index is -4.60. The van der Waals surface area contributed by atoms with Crippen LogP contribution >= 0.6 is 0 Å². The van der Waals surface area contributed by atoms with Crippen molar-refractivity contribution < 1.29 is 27.3 Å². The first-order valence-electron chi connectivity index (χ1n) is 4.40. The van der Waals surface area contributed by atoms with Gasteiger partial charge in [0.2, 0.25) is 0 Å². The van der Waals surface area contributed by atoms with E-state index in [0.29, 0.717) is 0 Å². The van der Waals surface area contributed by atoms with Crippen LogP contribution < -0.4 is 0 Å². The highest BCUT2D eigenvalue weighted by molar-refractivity contribution is 7.90. The Balaban J connectivity index is 3.32. The van der Waals surface area contributed by atoms with E-state index in [0.717, 1.165) is 31.6 Å². The molecule has 1 atom stereocenters. The largest absolute Gasteiger partial charge is 0.612 e. The van der Waals surface area contributed by atoms with E-state index in [2.05, 4.69) is 4.74 Å². The summed E-state index contributed by atoms with van der Waals surface area (Å²) >= 11 is -1.84. The number of rotatable bonds is 2. The van der Waals surface area contributed by atoms with Crippen molar-refractivity contribution in [1.82, 2.24) is 0 Å². The van der Waals surface area contributed by atoms with Crippen LogP contribution in [0.5, 0.6) is 0 Å². The molecule has 3 nitrogen and oxygen atoms in total. The molecule has 0 bridgehead atoms. The third-order valence-electron chi connectivity index (χ3n) is 2.02. The van der Waals surface area contributed by atoms with Crippen molar-refractivity contribution in [3.8, 4) is 0 Å². The van der Waals surface area contributed by atoms with Gasteiger partial charge in [0.15, 0.2) is 4.90 Å². The number of methoxy groups -OCH3 is 1. The average Bonchev–Trinajstić information content (AvgIpc) is 2.25. The molecule has 0 N–H and O–H groups in total. The summed E-state index contributed by atoms with van der Waals surface area (Å²) in [6.45, 7) is 0. The Morgan fingerprint density at radius 3 is 2.41 bits per heavy atom. The minimum Gasteiger partial charge on any atom is -0.612 e. The van der Waals surface area contributed by atoms with E-state index in [-0.39, 0.29) is 5.56 Å². The first kappa shape index (κ1) is 13.9. The molecule has 1 rings (SSSR count). The van der Waals surface area contributed by atoms with Gasteiger partial charge in [-0.25, -0.2) is 4.79 Å². The predicted molar refractivity (Wildman–Crippen MR) is 55.1 cm³/mol. The summed E-state index contributed by atoms with van der Waals surface area (Å²) in [4.78, 5) is 10.7. The summed E-state index contributed by atoms with van der Waals surface area (Å²) in [5, 5.41) is 0. The van der Waals surface area contributed by atoms with Gasteiger partial charge in [0.1, 0.15) is 11.8 Å². The van der Waals surface area contributed by atoms with Crippen LogP contribution in [0.1, 0.15) is 15.9 Å². The van der Waals surface area contributed by atoms with Crippen LogP contribution in [0.4, 0.5) is 13.2 Å². The molecule has 0 amide bonds. The molecule has 0 saturated carbocycles. The molecular weight excluding hydrogens is 257 g/mol. The van der Waals surface area contributed by atoms with Crippen molar-refractivity contribution in [2.24, 2.45) is 0 Å². The van der Waals surface area contributed by atoms with E-state index in [1.165, 1.54) is 0 Å². The molecule has 0 fully saturated rings. The van der Waals surface area contributed by atoms with Gasteiger partial charge in [-0.3, -0.25) is 0 Å². The standard InChI is InChI=1S/C10H9F3O3S/c1-16-9(14)6-3-4-7(10(11,12)13)8(5-6)17(2)15/h3-5H,1-2H3. The molecule has 1 aromatic rings. The normalized spacial score (nSPS) is 13.3. The maximum Gasteiger partial charge on any atom is 0.421 e. The van der Waals surface area contributed by atoms with Gasteiger partial charge in [-0.2, -0.15) is 13.2 Å². The third-order valence-corrected chi connectivity index (χ3v) is 2.97. The zero-order chi connectivity index (χ0) is 13.2. The van der Waals surface area contributed by atoms with Gasteiger partial charge in [0.25, 0.3) is 0 Å². The van der Waals surface area contributed by atoms with Crippen molar-refractivity contribution in [3.05, 3.63) is 29.3 Å². The zero-order valence-corrected chi connectivity index (χ0v) is 9.82. The molecule has 0 radical (unpaired) electrons. The molecule has 0 spiro atoms. The number of carbonyl (C=O) groups is 1. The zero-order valence-electron chi connectivity index (χ0n) is 9.00. The maximum atomic E-state index is 12.6. The summed E-state index contributed by atoms with van der Waals surface area (Å²) in [5.41, 5.74) is -1.07. The van der Waals surface area contributed by atoms with Crippen LogP contribution in [0.25, 0.3) is 0 Å². The molecule has 0 aromatic heterocycles. The van der Waals surface area contributed by atoms with Gasteiger partial charge in [0.05, 0.1) is 12.7 Å². The second-order valence-corrected chi connectivity index (χ2v) is 4.50. The number of hydrogen-bond donors (Lipinski definition) is 0. The highest BCUT2D eigenvalue weighted by Gasteiger charge is 2.37. The molecular formula is C10H9F3O3S. The Labute approximate surface area is 98.8 Å². The average molecular weight is 266 g/mol. The highest BCUT2D eigenvalue weighted by Crippen LogP contribution is 2.34. The van der Waals surface area contributed by atoms with Crippen LogP contribution in [-0.2, 0) is 22.1 Å². The van der Waals surface area contributed by atoms with Gasteiger partial charge in [-0.15, -0.1) is 0 Å². The van der Waals surface area contributed by atoms with Gasteiger partial charge in [-0.1, -0.05) is 0 Å². The van der Waals surface area contributed by atoms with E-state index in [9.17, 15) is 22.5 Å². The molecule has 1 unspecified atom stereocenters. The van der Waals surface area contributed by atoms with Crippen LogP contribution in [0.15, 0.2) is 23.1 Å². The highest BCUT2D eigenvalue weighted by atomic mass is 32.2. The van der Waals surface area contributed by atoms with Gasteiger partial charge in [-0.05, 0) is 23.3 Å². The SMILES string of the molecule is COC(=O)c1ccc(C(F)(F)F)c([S+](C)[O-])c1. The first-order valence-corrected chi connectivity index (χ1v) is 5.96. The fourth-order valence-corrected chi connectivity index (χ4v) is 2.03. The molecule has 1 aromatic carbocycles. The molecule has 0 aliphatic rings. The summed E-state index contributed by atoms with van der Waals surface area (Å²) in [5.74, 6) is -0.773. The Kier molecular flexibility index (Phi) is 4.05. The third kappa shape index (κ3) is 3.13. The molecule has 7 heteroatoms. The number of halogens is 3. The second-order valence-electron chi connectivity index (χ2n) is 3.15. The Morgan fingerprint density at radius 1 is 1.41 bits per heavy atom. The topological polar surface area (TPSA) is 49.4 Å². The quantitative estimate of drug-likeness (QED) is 0.609. The minimum absolute atomic E-state index is 0.0642. The molecule has 17 heavy (non-hydrogen) atoms. The van der Waals surface area contributed by atoms with Crippen molar-refractivity contribution in [3.63, 3.8) is 0 Å². The Morgan fingerprint density at radius 2 is 2.00 bits per heavy atom. The number of alkyl halides is 3. The Hall–Kier alpha value is -1.21. The molecule has 0 saturated heterocycles. The van der Waals surface area contributed by atoms with E-state index < -0.39 is 33.8 Å². The maximum absolute atomic E-state index is 12.6. The second kappa shape index (κ2) is 4.97. The molecule has 94 valence electrons. The van der Waals surface area contributed by atoms with E-state index >= 15 is 0 Å². The predicted octanol–water partition coefficient (Wildman–Crippen LogP) is 2.23. The van der Waals surface area contributed by atoms with Crippen LogP contribution in [-0.4, -0.2) is 23.9 Å². The first-order chi connectivity index (χ1) is 7.77. The fraction of sp³-hybridized carbons (Fsp3) is 0.300. The van der Waals surface area contributed by atoms with Crippen molar-refractivity contribution in [1.29, 1.82) is 0 Å². The van der Waals surface area contributed by atoms with Crippen LogP contribution in [0.3, 0.4) is 0 Å². The molecule has 0 heterocycles. The summed E-state index contributed by atoms with van der Waals surface area (Å²) in [6.07, 6.45) is -3.48. The van der Waals surface area contributed by atoms with Crippen LogP contribution in [0, 0.1) is 0 Å². The van der Waals surface area contributed by atoms with Crippen molar-refractivity contribution >= 4 is 17.1 Å². The molecule has 0 aliphatic carbocycles. The monoisotopic (exact) mass is 266 g/mol. The smallest absolute Gasteiger partial charge is 0.421 e. The van der Waals surface area contributed by atoms with Crippen molar-refractivity contribution in [2.75, 3.05) is 13.4 Å². The summed E-state index contributed by atoms with van der Waals surface area (Å²) < 4.78 is 53.3. The Bertz CT molecular complexity index is 429. The van der Waals surface area contributed by atoms with Gasteiger partial charge < -0.3 is 9.29 Å². The van der Waals surface area contributed by atoms with E-state index in [1.807, 2.05) is 0 Å². The van der Waals surface area contributed by atoms with E-state index in [4.69, 9.17) is 0 Å². The number of benzene rings is 1. The summed E-state index contributed by atoms with van der Waals surface area (Å²) in [7, 11) is 1.11. The number of hydrogen-bond acceptors (Lipinski definition) is 3. The van der Waals surface area contributed by atoms with Gasteiger partial charge >= 0.3 is 12.1 Å². The van der Waals surface area contributed by atoms with Crippen molar-refractivity contribution in [2.45, 2.75) is 11.1 Å². The lowest BCUT2D eigenvalue weighted by Gasteiger charge is -2.13. The number of carbonyl (C=O) groups excluding carboxylic acids is 1. The van der Waals surface area contributed by atoms with Gasteiger partial charge in [0, 0.05) is 6.07 Å². The lowest BCUT2D eigenvalue weighted by Crippen LogP contribution is -2.14. The lowest BCUT2D eigenvalue weighted by molar-refractivity contribution is -0.139. The fourth-order valence-electron chi connectivity index (χ4n) is 1.24. The lowest BCUT2D eigenvalue weighted by atomic mass is 10.1. The summed E-state index contributed by atoms with van der Waals surface area (Å²) in [6, 6.07) is 2.65. The molecule has 0 aliphatic heterocycles. The number of esters is 1. The number of ether oxygens (including phenoxy) is 1. The van der Waals surface area contributed by atoms with Crippen LogP contribution in [0.2, 0.25) is 0 Å². The van der Waals surface area contributed by atoms with E-state index in [1.54, 1.807) is 0 Å².